The summed E-state index contributed by atoms with van der Waals surface area (Å²) in [6.07, 6.45) is 2.55. The number of nitrogens with one attached hydrogen (secondary N) is 2. The van der Waals surface area contributed by atoms with Crippen molar-refractivity contribution in [3.8, 4) is 0 Å². The van der Waals surface area contributed by atoms with Gasteiger partial charge in [0.2, 0.25) is 0 Å². The SMILES string of the molecule is Cc1ccc(S(=O)(=O)Nc2cncc(C(=O)Nc3ccccc3F)c2)cc1. The molecule has 0 aliphatic heterocycles. The number of pyridine rings is 1. The number of carbonyl (C=O) groups is 1. The van der Waals surface area contributed by atoms with Crippen LogP contribution in [-0.4, -0.2) is 19.3 Å². The van der Waals surface area contributed by atoms with Gasteiger partial charge in [-0.15, -0.1) is 0 Å². The summed E-state index contributed by atoms with van der Waals surface area (Å²) in [6, 6.07) is 13.4. The fourth-order valence-electron chi connectivity index (χ4n) is 2.31. The zero-order valence-electron chi connectivity index (χ0n) is 14.3. The molecule has 0 aliphatic rings. The lowest BCUT2D eigenvalue weighted by Gasteiger charge is -2.10. The minimum atomic E-state index is -3.82. The van der Waals surface area contributed by atoms with Crippen molar-refractivity contribution in [1.29, 1.82) is 0 Å². The molecule has 0 fully saturated rings. The second kappa shape index (κ2) is 7.55. The minimum Gasteiger partial charge on any atom is -0.319 e. The van der Waals surface area contributed by atoms with Gasteiger partial charge in [0.15, 0.2) is 0 Å². The summed E-state index contributed by atoms with van der Waals surface area (Å²) in [7, 11) is -3.82. The second-order valence-corrected chi connectivity index (χ2v) is 7.50. The molecule has 0 spiro atoms. The molecular formula is C19H16FN3O3S. The molecule has 8 heteroatoms. The summed E-state index contributed by atoms with van der Waals surface area (Å²) < 4.78 is 40.9. The maximum atomic E-state index is 13.7. The van der Waals surface area contributed by atoms with Gasteiger partial charge in [-0.2, -0.15) is 0 Å². The van der Waals surface area contributed by atoms with Crippen molar-refractivity contribution < 1.29 is 17.6 Å². The number of anilines is 2. The van der Waals surface area contributed by atoms with E-state index in [1.54, 1.807) is 18.2 Å². The van der Waals surface area contributed by atoms with Gasteiger partial charge in [-0.1, -0.05) is 29.8 Å². The van der Waals surface area contributed by atoms with E-state index in [9.17, 15) is 17.6 Å². The molecule has 0 saturated heterocycles. The standard InChI is InChI=1S/C19H16FN3O3S/c1-13-6-8-16(9-7-13)27(25,26)23-15-10-14(11-21-12-15)19(24)22-18-5-3-2-4-17(18)20/h2-12,23H,1H3,(H,22,24). The lowest BCUT2D eigenvalue weighted by molar-refractivity contribution is 0.102. The number of benzene rings is 2. The fraction of sp³-hybridized carbons (Fsp3) is 0.0526. The van der Waals surface area contributed by atoms with Crippen molar-refractivity contribution in [2.24, 2.45) is 0 Å². The summed E-state index contributed by atoms with van der Waals surface area (Å²) >= 11 is 0. The van der Waals surface area contributed by atoms with Gasteiger partial charge >= 0.3 is 0 Å². The van der Waals surface area contributed by atoms with E-state index < -0.39 is 21.7 Å². The number of hydrogen-bond donors (Lipinski definition) is 2. The molecule has 3 rings (SSSR count). The highest BCUT2D eigenvalue weighted by molar-refractivity contribution is 7.92. The molecule has 0 bridgehead atoms. The molecular weight excluding hydrogens is 369 g/mol. The average molecular weight is 385 g/mol. The number of para-hydroxylation sites is 1. The van der Waals surface area contributed by atoms with Crippen molar-refractivity contribution in [2.45, 2.75) is 11.8 Å². The molecule has 3 aromatic rings. The Morgan fingerprint density at radius 1 is 1.04 bits per heavy atom. The largest absolute Gasteiger partial charge is 0.319 e. The predicted octanol–water partition coefficient (Wildman–Crippen LogP) is 3.58. The number of aryl methyl sites for hydroxylation is 1. The first kappa shape index (κ1) is 18.5. The van der Waals surface area contributed by atoms with E-state index in [1.807, 2.05) is 6.92 Å². The average Bonchev–Trinajstić information content (AvgIpc) is 2.64. The Hall–Kier alpha value is -3.26. The third kappa shape index (κ3) is 4.48. The van der Waals surface area contributed by atoms with Crippen LogP contribution in [0.5, 0.6) is 0 Å². The highest BCUT2D eigenvalue weighted by Gasteiger charge is 2.16. The summed E-state index contributed by atoms with van der Waals surface area (Å²) in [5, 5.41) is 2.42. The minimum absolute atomic E-state index is 0.0214. The molecule has 0 atom stereocenters. The molecule has 0 unspecified atom stereocenters. The Labute approximate surface area is 156 Å². The Morgan fingerprint density at radius 2 is 1.74 bits per heavy atom. The smallest absolute Gasteiger partial charge is 0.261 e. The predicted molar refractivity (Wildman–Crippen MR) is 101 cm³/mol. The number of aromatic nitrogens is 1. The number of amides is 1. The van der Waals surface area contributed by atoms with Gasteiger partial charge in [-0.25, -0.2) is 12.8 Å². The molecule has 2 N–H and O–H groups in total. The second-order valence-electron chi connectivity index (χ2n) is 5.81. The highest BCUT2D eigenvalue weighted by Crippen LogP contribution is 2.18. The van der Waals surface area contributed by atoms with Crippen LogP contribution in [0.3, 0.4) is 0 Å². The van der Waals surface area contributed by atoms with Crippen LogP contribution in [0.15, 0.2) is 71.9 Å². The first-order valence-electron chi connectivity index (χ1n) is 7.95. The van der Waals surface area contributed by atoms with Gasteiger partial charge in [0.25, 0.3) is 15.9 Å². The van der Waals surface area contributed by atoms with Gasteiger partial charge in [-0.3, -0.25) is 14.5 Å². The number of hydrogen-bond acceptors (Lipinski definition) is 4. The summed E-state index contributed by atoms with van der Waals surface area (Å²) in [5.41, 5.74) is 1.16. The van der Waals surface area contributed by atoms with Crippen molar-refractivity contribution in [1.82, 2.24) is 4.98 Å². The van der Waals surface area contributed by atoms with Gasteiger partial charge in [0.05, 0.1) is 28.0 Å². The molecule has 1 heterocycles. The van der Waals surface area contributed by atoms with Crippen LogP contribution in [0.25, 0.3) is 0 Å². The maximum Gasteiger partial charge on any atom is 0.261 e. The van der Waals surface area contributed by atoms with E-state index >= 15 is 0 Å². The van der Waals surface area contributed by atoms with E-state index in [2.05, 4.69) is 15.0 Å². The highest BCUT2D eigenvalue weighted by atomic mass is 32.2. The van der Waals surface area contributed by atoms with Gasteiger partial charge < -0.3 is 5.32 Å². The maximum absolute atomic E-state index is 13.7. The quantitative estimate of drug-likeness (QED) is 0.703. The zero-order valence-corrected chi connectivity index (χ0v) is 15.1. The van der Waals surface area contributed by atoms with Gasteiger partial charge in [0.1, 0.15) is 5.82 Å². The number of sulfonamides is 1. The van der Waals surface area contributed by atoms with E-state index in [0.717, 1.165) is 5.56 Å². The topological polar surface area (TPSA) is 88.2 Å². The van der Waals surface area contributed by atoms with Gasteiger partial charge in [0, 0.05) is 6.20 Å². The Balaban J connectivity index is 1.80. The first-order valence-corrected chi connectivity index (χ1v) is 9.44. The molecule has 138 valence electrons. The van der Waals surface area contributed by atoms with Crippen LogP contribution in [0.2, 0.25) is 0 Å². The molecule has 27 heavy (non-hydrogen) atoms. The molecule has 0 aliphatic carbocycles. The molecule has 0 radical (unpaired) electrons. The molecule has 1 amide bonds. The van der Waals surface area contributed by atoms with Crippen LogP contribution in [0.1, 0.15) is 15.9 Å². The molecule has 1 aromatic heterocycles. The number of rotatable bonds is 5. The lowest BCUT2D eigenvalue weighted by Crippen LogP contribution is -2.16. The zero-order chi connectivity index (χ0) is 19.4. The van der Waals surface area contributed by atoms with Crippen molar-refractivity contribution in [3.05, 3.63) is 83.9 Å². The Bertz CT molecular complexity index is 1080. The van der Waals surface area contributed by atoms with Gasteiger partial charge in [-0.05, 0) is 37.3 Å². The summed E-state index contributed by atoms with van der Waals surface area (Å²) in [4.78, 5) is 16.3. The van der Waals surface area contributed by atoms with E-state index in [-0.39, 0.29) is 21.8 Å². The van der Waals surface area contributed by atoms with Crippen molar-refractivity contribution in [2.75, 3.05) is 10.0 Å². The van der Waals surface area contributed by atoms with Crippen LogP contribution in [0, 0.1) is 12.7 Å². The molecule has 6 nitrogen and oxygen atoms in total. The van der Waals surface area contributed by atoms with Crippen molar-refractivity contribution >= 4 is 27.3 Å². The normalized spacial score (nSPS) is 11.0. The molecule has 0 saturated carbocycles. The van der Waals surface area contributed by atoms with Crippen LogP contribution < -0.4 is 10.0 Å². The number of carbonyl (C=O) groups excluding carboxylic acids is 1. The number of halogens is 1. The molecule has 2 aromatic carbocycles. The van der Waals surface area contributed by atoms with E-state index in [0.29, 0.717) is 0 Å². The van der Waals surface area contributed by atoms with Crippen LogP contribution in [0.4, 0.5) is 15.8 Å². The summed E-state index contributed by atoms with van der Waals surface area (Å²) in [5.74, 6) is -1.18. The number of nitrogens with zero attached hydrogens (tertiary/aromatic N) is 1. The lowest BCUT2D eigenvalue weighted by atomic mass is 10.2. The Kier molecular flexibility index (Phi) is 5.18. The Morgan fingerprint density at radius 3 is 2.44 bits per heavy atom. The monoisotopic (exact) mass is 385 g/mol. The van der Waals surface area contributed by atoms with Crippen LogP contribution in [-0.2, 0) is 10.0 Å². The van der Waals surface area contributed by atoms with E-state index in [4.69, 9.17) is 0 Å². The third-order valence-corrected chi connectivity index (χ3v) is 5.10. The fourth-order valence-corrected chi connectivity index (χ4v) is 3.34. The third-order valence-electron chi connectivity index (χ3n) is 3.71. The first-order chi connectivity index (χ1) is 12.8. The van der Waals surface area contributed by atoms with Crippen LogP contribution >= 0.6 is 0 Å². The van der Waals surface area contributed by atoms with E-state index in [1.165, 1.54) is 48.8 Å². The van der Waals surface area contributed by atoms with Crippen molar-refractivity contribution in [3.63, 3.8) is 0 Å². The summed E-state index contributed by atoms with van der Waals surface area (Å²) in [6.45, 7) is 1.85.